The summed E-state index contributed by atoms with van der Waals surface area (Å²) in [6, 6.07) is 10.1. The monoisotopic (exact) mass is 470 g/mol. The largest absolute Gasteiger partial charge is 0.450 e. The van der Waals surface area contributed by atoms with Gasteiger partial charge in [0.25, 0.3) is 0 Å². The second-order valence-electron chi connectivity index (χ2n) is 7.40. The Labute approximate surface area is 194 Å². The molecule has 1 atom stereocenters. The van der Waals surface area contributed by atoms with Crippen LogP contribution in [0.25, 0.3) is 16.5 Å². The lowest BCUT2D eigenvalue weighted by Gasteiger charge is -2.20. The van der Waals surface area contributed by atoms with Crippen LogP contribution in [0.5, 0.6) is 0 Å². The molecule has 1 heterocycles. The van der Waals surface area contributed by atoms with Crippen LogP contribution in [0.1, 0.15) is 28.1 Å². The van der Waals surface area contributed by atoms with Crippen LogP contribution in [0.2, 0.25) is 10.0 Å². The third kappa shape index (κ3) is 4.43. The predicted octanol–water partition coefficient (Wildman–Crippen LogP) is 5.03. The van der Waals surface area contributed by atoms with E-state index in [1.54, 1.807) is 12.1 Å². The quantitative estimate of drug-likeness (QED) is 0.492. The van der Waals surface area contributed by atoms with Crippen molar-refractivity contribution >= 4 is 57.1 Å². The third-order valence-electron chi connectivity index (χ3n) is 5.18. The van der Waals surface area contributed by atoms with Gasteiger partial charge in [0.2, 0.25) is 11.7 Å². The first-order valence-electron chi connectivity index (χ1n) is 9.85. The number of halogens is 2. The average Bonchev–Trinajstić information content (AvgIpc) is 3.09. The SMILES string of the molecule is COCC(=O)NC1C=CC=C(c2ccc3c(N)c(C(=O)c4ccc(Cl)cc4Cl)oc3c2)C1. The molecule has 2 aromatic carbocycles. The Bertz CT molecular complexity index is 1280. The fourth-order valence-electron chi connectivity index (χ4n) is 3.65. The Hall–Kier alpha value is -3.06. The highest BCUT2D eigenvalue weighted by Crippen LogP contribution is 2.35. The van der Waals surface area contributed by atoms with Gasteiger partial charge in [0.1, 0.15) is 12.2 Å². The zero-order valence-electron chi connectivity index (χ0n) is 17.2. The summed E-state index contributed by atoms with van der Waals surface area (Å²) >= 11 is 12.1. The van der Waals surface area contributed by atoms with E-state index in [0.29, 0.717) is 22.4 Å². The van der Waals surface area contributed by atoms with E-state index in [0.717, 1.165) is 11.1 Å². The van der Waals surface area contributed by atoms with Crippen LogP contribution >= 0.6 is 23.2 Å². The van der Waals surface area contributed by atoms with Crippen LogP contribution < -0.4 is 11.1 Å². The van der Waals surface area contributed by atoms with Crippen molar-refractivity contribution in [3.63, 3.8) is 0 Å². The van der Waals surface area contributed by atoms with Crippen LogP contribution in [-0.4, -0.2) is 31.4 Å². The molecule has 32 heavy (non-hydrogen) atoms. The highest BCUT2D eigenvalue weighted by atomic mass is 35.5. The summed E-state index contributed by atoms with van der Waals surface area (Å²) < 4.78 is 10.7. The second-order valence-corrected chi connectivity index (χ2v) is 8.24. The van der Waals surface area contributed by atoms with E-state index in [1.165, 1.54) is 13.2 Å². The Morgan fingerprint density at radius 1 is 1.22 bits per heavy atom. The number of carbonyl (C=O) groups is 2. The Balaban J connectivity index is 1.62. The Morgan fingerprint density at radius 3 is 2.78 bits per heavy atom. The molecule has 0 saturated heterocycles. The summed E-state index contributed by atoms with van der Waals surface area (Å²) in [5.74, 6) is -0.562. The summed E-state index contributed by atoms with van der Waals surface area (Å²) in [7, 11) is 1.48. The fraction of sp³-hybridized carbons (Fsp3) is 0.167. The molecule has 3 N–H and O–H groups in total. The van der Waals surface area contributed by atoms with Gasteiger partial charge < -0.3 is 20.2 Å². The van der Waals surface area contributed by atoms with Gasteiger partial charge in [-0.1, -0.05) is 47.5 Å². The molecule has 3 aromatic rings. The maximum Gasteiger partial charge on any atom is 0.246 e. The molecule has 1 aliphatic carbocycles. The summed E-state index contributed by atoms with van der Waals surface area (Å²) in [4.78, 5) is 24.8. The number of benzene rings is 2. The maximum atomic E-state index is 13.0. The topological polar surface area (TPSA) is 94.6 Å². The number of ether oxygens (including phenoxy) is 1. The molecular formula is C24H20Cl2N2O4. The van der Waals surface area contributed by atoms with Gasteiger partial charge in [-0.3, -0.25) is 9.59 Å². The molecule has 0 fully saturated rings. The predicted molar refractivity (Wildman–Crippen MR) is 126 cm³/mol. The van der Waals surface area contributed by atoms with Crippen molar-refractivity contribution in [3.05, 3.63) is 81.6 Å². The molecule has 1 unspecified atom stereocenters. The van der Waals surface area contributed by atoms with Crippen molar-refractivity contribution in [3.8, 4) is 0 Å². The molecule has 0 saturated carbocycles. The van der Waals surface area contributed by atoms with Crippen molar-refractivity contribution < 1.29 is 18.7 Å². The number of anilines is 1. The van der Waals surface area contributed by atoms with E-state index in [4.69, 9.17) is 38.1 Å². The van der Waals surface area contributed by atoms with Crippen LogP contribution in [0.15, 0.2) is 59.0 Å². The minimum absolute atomic E-state index is 0.00939. The normalized spacial score (nSPS) is 15.6. The number of carbonyl (C=O) groups excluding carboxylic acids is 2. The number of fused-ring (bicyclic) bond motifs is 1. The summed E-state index contributed by atoms with van der Waals surface area (Å²) in [5, 5.41) is 4.21. The van der Waals surface area contributed by atoms with E-state index >= 15 is 0 Å². The number of furan rings is 1. The molecule has 8 heteroatoms. The van der Waals surface area contributed by atoms with Crippen molar-refractivity contribution in [1.29, 1.82) is 0 Å². The lowest BCUT2D eigenvalue weighted by atomic mass is 9.93. The standard InChI is InChI=1S/C24H20Cl2N2O4/c1-31-12-21(29)28-16-4-2-3-13(9-16)14-5-7-18-20(10-14)32-24(22(18)27)23(30)17-8-6-15(25)11-19(17)26/h2-8,10-11,16H,9,12,27H2,1H3,(H,28,29). The van der Waals surface area contributed by atoms with Crippen LogP contribution in [0, 0.1) is 0 Å². The highest BCUT2D eigenvalue weighted by molar-refractivity contribution is 6.37. The van der Waals surface area contributed by atoms with Gasteiger partial charge in [-0.15, -0.1) is 0 Å². The number of nitrogens with one attached hydrogen (secondary N) is 1. The summed E-state index contributed by atoms with van der Waals surface area (Å²) in [5.41, 5.74) is 9.15. The highest BCUT2D eigenvalue weighted by Gasteiger charge is 2.23. The van der Waals surface area contributed by atoms with E-state index in [2.05, 4.69) is 5.32 Å². The Kier molecular flexibility index (Phi) is 6.37. The van der Waals surface area contributed by atoms with Crippen LogP contribution in [0.4, 0.5) is 5.69 Å². The molecule has 164 valence electrons. The average molecular weight is 471 g/mol. The van der Waals surface area contributed by atoms with Gasteiger partial charge in [0.05, 0.1) is 16.8 Å². The molecule has 0 aliphatic heterocycles. The minimum atomic E-state index is -0.414. The number of nitrogen functional groups attached to an aromatic ring is 1. The second kappa shape index (κ2) is 9.20. The number of nitrogens with two attached hydrogens (primary N) is 1. The number of hydrogen-bond acceptors (Lipinski definition) is 5. The van der Waals surface area contributed by atoms with Gasteiger partial charge in [0.15, 0.2) is 5.76 Å². The first-order valence-corrected chi connectivity index (χ1v) is 10.6. The number of hydrogen-bond donors (Lipinski definition) is 2. The molecule has 1 aliphatic rings. The van der Waals surface area contributed by atoms with Gasteiger partial charge in [-0.2, -0.15) is 0 Å². The van der Waals surface area contributed by atoms with E-state index in [-0.39, 0.29) is 40.6 Å². The number of methoxy groups -OCH3 is 1. The van der Waals surface area contributed by atoms with Crippen molar-refractivity contribution in [2.75, 3.05) is 19.5 Å². The molecule has 1 amide bonds. The summed E-state index contributed by atoms with van der Waals surface area (Å²) in [6.45, 7) is 0.00939. The Morgan fingerprint density at radius 2 is 2.03 bits per heavy atom. The first kappa shape index (κ1) is 22.1. The molecule has 4 rings (SSSR count). The molecule has 0 spiro atoms. The maximum absolute atomic E-state index is 13.0. The number of allylic oxidation sites excluding steroid dienone is 2. The first-order chi connectivity index (χ1) is 15.4. The molecule has 0 bridgehead atoms. The minimum Gasteiger partial charge on any atom is -0.450 e. The number of rotatable bonds is 6. The van der Waals surface area contributed by atoms with Crippen molar-refractivity contribution in [2.45, 2.75) is 12.5 Å². The fourth-order valence-corrected chi connectivity index (χ4v) is 4.15. The van der Waals surface area contributed by atoms with Crippen LogP contribution in [0.3, 0.4) is 0 Å². The van der Waals surface area contributed by atoms with Gasteiger partial charge in [-0.25, -0.2) is 0 Å². The zero-order chi connectivity index (χ0) is 22.8. The van der Waals surface area contributed by atoms with Crippen molar-refractivity contribution in [1.82, 2.24) is 5.32 Å². The number of amides is 1. The molecule has 6 nitrogen and oxygen atoms in total. The van der Waals surface area contributed by atoms with E-state index in [1.807, 2.05) is 36.4 Å². The smallest absolute Gasteiger partial charge is 0.246 e. The molecular weight excluding hydrogens is 451 g/mol. The van der Waals surface area contributed by atoms with Gasteiger partial charge in [-0.05, 0) is 47.9 Å². The summed E-state index contributed by atoms with van der Waals surface area (Å²) in [6.07, 6.45) is 6.41. The molecule has 1 aromatic heterocycles. The van der Waals surface area contributed by atoms with E-state index in [9.17, 15) is 9.59 Å². The van der Waals surface area contributed by atoms with Gasteiger partial charge >= 0.3 is 0 Å². The van der Waals surface area contributed by atoms with Gasteiger partial charge in [0, 0.05) is 23.1 Å². The van der Waals surface area contributed by atoms with E-state index < -0.39 is 5.78 Å². The lowest BCUT2D eigenvalue weighted by Crippen LogP contribution is -2.36. The molecule has 0 radical (unpaired) electrons. The van der Waals surface area contributed by atoms with Crippen LogP contribution in [-0.2, 0) is 9.53 Å². The van der Waals surface area contributed by atoms with Crippen molar-refractivity contribution in [2.24, 2.45) is 0 Å². The zero-order valence-corrected chi connectivity index (χ0v) is 18.7. The lowest BCUT2D eigenvalue weighted by molar-refractivity contribution is -0.125. The number of ketones is 1. The third-order valence-corrected chi connectivity index (χ3v) is 5.73.